The Bertz CT molecular complexity index is 927. The Morgan fingerprint density at radius 2 is 1.85 bits per heavy atom. The Balaban J connectivity index is 1.69. The van der Waals surface area contributed by atoms with Crippen LogP contribution in [0.5, 0.6) is 0 Å². The third-order valence-electron chi connectivity index (χ3n) is 4.32. The van der Waals surface area contributed by atoms with E-state index in [1.807, 2.05) is 75.3 Å². The number of nitrogens with zero attached hydrogens (tertiary/aromatic N) is 2. The van der Waals surface area contributed by atoms with Crippen LogP contribution in [0.15, 0.2) is 53.3 Å². The van der Waals surface area contributed by atoms with Crippen LogP contribution in [0.4, 0.5) is 16.2 Å². The second-order valence-electron chi connectivity index (χ2n) is 6.61. The quantitative estimate of drug-likeness (QED) is 0.705. The minimum absolute atomic E-state index is 0.178. The van der Waals surface area contributed by atoms with E-state index in [0.29, 0.717) is 11.4 Å². The van der Waals surface area contributed by atoms with E-state index in [1.54, 1.807) is 0 Å². The number of carbonyl (C=O) groups excluding carboxylic acids is 1. The Morgan fingerprint density at radius 1 is 1.15 bits per heavy atom. The summed E-state index contributed by atoms with van der Waals surface area (Å²) in [7, 11) is 3.93. The third kappa shape index (κ3) is 4.28. The lowest BCUT2D eigenvalue weighted by Gasteiger charge is -2.14. The molecule has 3 rings (SSSR count). The van der Waals surface area contributed by atoms with Crippen LogP contribution in [0.2, 0.25) is 0 Å². The minimum atomic E-state index is -0.555. The summed E-state index contributed by atoms with van der Waals surface area (Å²) in [5.41, 5.74) is 6.10. The van der Waals surface area contributed by atoms with Crippen molar-refractivity contribution < 1.29 is 14.1 Å². The standard InChI is InChI=1S/C21H23N3O3/c1-14-7-5-8-15(2)19(14)20-18(13-27-23-20)22-21(25)26-12-16-9-6-10-17(11-16)24(3)4/h5-11,13H,12H2,1-4H3,(H,22,25). The molecule has 1 heterocycles. The normalized spacial score (nSPS) is 10.5. The number of aryl methyl sites for hydroxylation is 2. The van der Waals surface area contributed by atoms with E-state index in [-0.39, 0.29) is 6.61 Å². The fourth-order valence-electron chi connectivity index (χ4n) is 2.91. The van der Waals surface area contributed by atoms with Crippen LogP contribution in [-0.4, -0.2) is 25.3 Å². The van der Waals surface area contributed by atoms with Gasteiger partial charge in [-0.1, -0.05) is 35.5 Å². The molecule has 0 aliphatic heterocycles. The summed E-state index contributed by atoms with van der Waals surface area (Å²) in [4.78, 5) is 14.2. The molecule has 27 heavy (non-hydrogen) atoms. The first-order valence-electron chi connectivity index (χ1n) is 8.66. The topological polar surface area (TPSA) is 67.6 Å². The molecule has 1 aromatic heterocycles. The van der Waals surface area contributed by atoms with Crippen molar-refractivity contribution in [3.8, 4) is 11.3 Å². The van der Waals surface area contributed by atoms with E-state index < -0.39 is 6.09 Å². The fourth-order valence-corrected chi connectivity index (χ4v) is 2.91. The van der Waals surface area contributed by atoms with Gasteiger partial charge < -0.3 is 14.2 Å². The van der Waals surface area contributed by atoms with Crippen molar-refractivity contribution in [1.29, 1.82) is 0 Å². The van der Waals surface area contributed by atoms with Gasteiger partial charge in [0.1, 0.15) is 24.3 Å². The van der Waals surface area contributed by atoms with Crippen LogP contribution < -0.4 is 10.2 Å². The molecule has 0 saturated heterocycles. The maximum Gasteiger partial charge on any atom is 0.412 e. The highest BCUT2D eigenvalue weighted by Crippen LogP contribution is 2.32. The fraction of sp³-hybridized carbons (Fsp3) is 0.238. The zero-order valence-corrected chi connectivity index (χ0v) is 15.9. The predicted molar refractivity (Wildman–Crippen MR) is 106 cm³/mol. The number of carbonyl (C=O) groups is 1. The maximum absolute atomic E-state index is 12.2. The number of ether oxygens (including phenoxy) is 1. The van der Waals surface area contributed by atoms with E-state index in [1.165, 1.54) is 6.26 Å². The molecule has 1 amide bonds. The van der Waals surface area contributed by atoms with Gasteiger partial charge in [-0.15, -0.1) is 0 Å². The molecular formula is C21H23N3O3. The van der Waals surface area contributed by atoms with Crippen LogP contribution in [0, 0.1) is 13.8 Å². The molecule has 0 aliphatic rings. The highest BCUT2D eigenvalue weighted by atomic mass is 16.5. The summed E-state index contributed by atoms with van der Waals surface area (Å²) < 4.78 is 10.4. The molecule has 0 bridgehead atoms. The number of rotatable bonds is 5. The first kappa shape index (κ1) is 18.5. The van der Waals surface area contributed by atoms with Gasteiger partial charge in [0, 0.05) is 25.3 Å². The average molecular weight is 365 g/mol. The van der Waals surface area contributed by atoms with Gasteiger partial charge in [-0.05, 0) is 42.7 Å². The summed E-state index contributed by atoms with van der Waals surface area (Å²) in [6.45, 7) is 4.17. The zero-order valence-electron chi connectivity index (χ0n) is 15.9. The summed E-state index contributed by atoms with van der Waals surface area (Å²) in [6, 6.07) is 13.8. The van der Waals surface area contributed by atoms with Gasteiger partial charge in [0.15, 0.2) is 0 Å². The Kier molecular flexibility index (Phi) is 5.45. The van der Waals surface area contributed by atoms with Crippen molar-refractivity contribution in [3.05, 3.63) is 65.4 Å². The van der Waals surface area contributed by atoms with Crippen LogP contribution in [0.1, 0.15) is 16.7 Å². The van der Waals surface area contributed by atoms with Crippen LogP contribution in [-0.2, 0) is 11.3 Å². The summed E-state index contributed by atoms with van der Waals surface area (Å²) in [6.07, 6.45) is 0.857. The number of aromatic nitrogens is 1. The van der Waals surface area contributed by atoms with Gasteiger partial charge in [-0.3, -0.25) is 5.32 Å². The molecule has 0 atom stereocenters. The summed E-state index contributed by atoms with van der Waals surface area (Å²) in [5, 5.41) is 6.78. The summed E-state index contributed by atoms with van der Waals surface area (Å²) >= 11 is 0. The van der Waals surface area contributed by atoms with Crippen molar-refractivity contribution in [1.82, 2.24) is 5.16 Å². The number of hydrogen-bond acceptors (Lipinski definition) is 5. The number of nitrogens with one attached hydrogen (secondary N) is 1. The van der Waals surface area contributed by atoms with Gasteiger partial charge in [0.05, 0.1) is 0 Å². The average Bonchev–Trinajstić information content (AvgIpc) is 3.08. The Labute approximate surface area is 158 Å². The first-order chi connectivity index (χ1) is 13.0. The molecule has 1 N–H and O–H groups in total. The first-order valence-corrected chi connectivity index (χ1v) is 8.66. The number of anilines is 2. The lowest BCUT2D eigenvalue weighted by Crippen LogP contribution is -2.14. The van der Waals surface area contributed by atoms with Gasteiger partial charge in [0.25, 0.3) is 0 Å². The van der Waals surface area contributed by atoms with E-state index in [2.05, 4.69) is 10.5 Å². The molecule has 0 fully saturated rings. The highest BCUT2D eigenvalue weighted by molar-refractivity contribution is 5.90. The molecule has 0 aliphatic carbocycles. The number of amides is 1. The van der Waals surface area contributed by atoms with E-state index in [0.717, 1.165) is 27.9 Å². The molecule has 0 saturated carbocycles. The van der Waals surface area contributed by atoms with Crippen molar-refractivity contribution >= 4 is 17.5 Å². The molecule has 6 nitrogen and oxygen atoms in total. The molecule has 0 radical (unpaired) electrons. The monoisotopic (exact) mass is 365 g/mol. The van der Waals surface area contributed by atoms with Crippen molar-refractivity contribution in [2.75, 3.05) is 24.3 Å². The van der Waals surface area contributed by atoms with Gasteiger partial charge in [0.2, 0.25) is 0 Å². The van der Waals surface area contributed by atoms with Crippen molar-refractivity contribution in [2.24, 2.45) is 0 Å². The predicted octanol–water partition coefficient (Wildman–Crippen LogP) is 4.77. The largest absolute Gasteiger partial charge is 0.444 e. The smallest absolute Gasteiger partial charge is 0.412 e. The maximum atomic E-state index is 12.2. The molecule has 140 valence electrons. The van der Waals surface area contributed by atoms with Crippen LogP contribution in [0.25, 0.3) is 11.3 Å². The number of hydrogen-bond donors (Lipinski definition) is 1. The third-order valence-corrected chi connectivity index (χ3v) is 4.32. The second kappa shape index (κ2) is 7.95. The van der Waals surface area contributed by atoms with Gasteiger partial charge in [-0.25, -0.2) is 4.79 Å². The van der Waals surface area contributed by atoms with Crippen LogP contribution in [0.3, 0.4) is 0 Å². The minimum Gasteiger partial charge on any atom is -0.444 e. The SMILES string of the molecule is Cc1cccc(C)c1-c1nocc1NC(=O)OCc1cccc(N(C)C)c1. The summed E-state index contributed by atoms with van der Waals surface area (Å²) in [5.74, 6) is 0. The molecule has 3 aromatic rings. The molecule has 0 spiro atoms. The second-order valence-corrected chi connectivity index (χ2v) is 6.61. The number of benzene rings is 2. The molecule has 2 aromatic carbocycles. The van der Waals surface area contributed by atoms with E-state index >= 15 is 0 Å². The van der Waals surface area contributed by atoms with Gasteiger partial charge >= 0.3 is 6.09 Å². The Morgan fingerprint density at radius 3 is 2.56 bits per heavy atom. The van der Waals surface area contributed by atoms with Crippen molar-refractivity contribution in [2.45, 2.75) is 20.5 Å². The molecule has 6 heteroatoms. The van der Waals surface area contributed by atoms with Crippen molar-refractivity contribution in [3.63, 3.8) is 0 Å². The van der Waals surface area contributed by atoms with Gasteiger partial charge in [-0.2, -0.15) is 0 Å². The van der Waals surface area contributed by atoms with Crippen LogP contribution >= 0.6 is 0 Å². The lowest BCUT2D eigenvalue weighted by atomic mass is 9.99. The molecule has 0 unspecified atom stereocenters. The highest BCUT2D eigenvalue weighted by Gasteiger charge is 2.17. The Hall–Kier alpha value is -3.28. The van der Waals surface area contributed by atoms with E-state index in [4.69, 9.17) is 9.26 Å². The lowest BCUT2D eigenvalue weighted by molar-refractivity contribution is 0.155. The molecular weight excluding hydrogens is 342 g/mol. The zero-order chi connectivity index (χ0) is 19.4. The van der Waals surface area contributed by atoms with E-state index in [9.17, 15) is 4.79 Å².